The van der Waals surface area contributed by atoms with Crippen LogP contribution in [0.3, 0.4) is 0 Å². The largest absolute Gasteiger partial charge is 0.478 e. The lowest BCUT2D eigenvalue weighted by Gasteiger charge is -2.01. The summed E-state index contributed by atoms with van der Waals surface area (Å²) in [6, 6.07) is 11.0. The van der Waals surface area contributed by atoms with Gasteiger partial charge in [0.25, 0.3) is 0 Å². The number of pyridine rings is 1. The summed E-state index contributed by atoms with van der Waals surface area (Å²) in [5, 5.41) is 13.8. The second kappa shape index (κ2) is 5.49. The van der Waals surface area contributed by atoms with Gasteiger partial charge in [0.05, 0.1) is 5.69 Å². The summed E-state index contributed by atoms with van der Waals surface area (Å²) < 4.78 is 2.46. The van der Waals surface area contributed by atoms with Gasteiger partial charge in [0.2, 0.25) is 0 Å². The Hall–Kier alpha value is -2.47. The molecular formula is C15H10BrN3O2. The van der Waals surface area contributed by atoms with E-state index >= 15 is 0 Å². The number of benzene rings is 1. The molecule has 0 spiro atoms. The smallest absolute Gasteiger partial charge is 0.339 e. The molecule has 0 aliphatic carbocycles. The number of rotatable bonds is 3. The molecule has 104 valence electrons. The summed E-state index contributed by atoms with van der Waals surface area (Å²) >= 11 is 3.39. The van der Waals surface area contributed by atoms with Crippen molar-refractivity contribution in [2.45, 2.75) is 0 Å². The van der Waals surface area contributed by atoms with Crippen LogP contribution in [0.4, 0.5) is 0 Å². The highest BCUT2D eigenvalue weighted by Gasteiger charge is 2.17. The molecule has 2 aromatic heterocycles. The molecule has 5 nitrogen and oxygen atoms in total. The molecule has 1 aromatic carbocycles. The van der Waals surface area contributed by atoms with E-state index in [1.807, 2.05) is 24.3 Å². The molecule has 0 fully saturated rings. The predicted molar refractivity (Wildman–Crippen MR) is 81.5 cm³/mol. The fourth-order valence-electron chi connectivity index (χ4n) is 2.00. The van der Waals surface area contributed by atoms with Crippen LogP contribution in [0.5, 0.6) is 0 Å². The monoisotopic (exact) mass is 343 g/mol. The number of aromatic nitrogens is 3. The lowest BCUT2D eigenvalue weighted by atomic mass is 10.1. The third-order valence-electron chi connectivity index (χ3n) is 2.97. The minimum absolute atomic E-state index is 0.154. The number of halogens is 1. The van der Waals surface area contributed by atoms with Crippen molar-refractivity contribution >= 4 is 21.9 Å². The van der Waals surface area contributed by atoms with Gasteiger partial charge < -0.3 is 5.11 Å². The summed E-state index contributed by atoms with van der Waals surface area (Å²) in [5.74, 6) is -1.01. The van der Waals surface area contributed by atoms with Crippen molar-refractivity contribution < 1.29 is 9.90 Å². The number of nitrogens with zero attached hydrogens (tertiary/aromatic N) is 3. The van der Waals surface area contributed by atoms with Gasteiger partial charge in [-0.25, -0.2) is 9.48 Å². The van der Waals surface area contributed by atoms with E-state index < -0.39 is 5.97 Å². The Labute approximate surface area is 129 Å². The molecular weight excluding hydrogens is 334 g/mol. The molecule has 2 heterocycles. The van der Waals surface area contributed by atoms with Crippen LogP contribution in [0, 0.1) is 0 Å². The molecule has 0 bridgehead atoms. The van der Waals surface area contributed by atoms with Crippen molar-refractivity contribution in [1.29, 1.82) is 0 Å². The molecule has 6 heteroatoms. The van der Waals surface area contributed by atoms with Crippen LogP contribution in [0.25, 0.3) is 16.9 Å². The van der Waals surface area contributed by atoms with Gasteiger partial charge >= 0.3 is 5.97 Å². The maximum absolute atomic E-state index is 11.4. The Kier molecular flexibility index (Phi) is 3.53. The van der Waals surface area contributed by atoms with Crippen molar-refractivity contribution in [1.82, 2.24) is 14.8 Å². The van der Waals surface area contributed by atoms with Crippen LogP contribution in [-0.4, -0.2) is 25.8 Å². The van der Waals surface area contributed by atoms with E-state index in [9.17, 15) is 9.90 Å². The van der Waals surface area contributed by atoms with Gasteiger partial charge in [-0.3, -0.25) is 4.98 Å². The molecule has 3 aromatic rings. The molecule has 0 amide bonds. The second-order valence-electron chi connectivity index (χ2n) is 4.36. The third-order valence-corrected chi connectivity index (χ3v) is 3.46. The van der Waals surface area contributed by atoms with Gasteiger partial charge in [0.15, 0.2) is 0 Å². The van der Waals surface area contributed by atoms with Crippen molar-refractivity contribution in [2.75, 3.05) is 0 Å². The Balaban J connectivity index is 2.15. The number of carboxylic acid groups (broad SMARTS) is 1. The normalized spacial score (nSPS) is 10.5. The number of aromatic carboxylic acids is 1. The van der Waals surface area contributed by atoms with Crippen LogP contribution >= 0.6 is 15.9 Å². The zero-order chi connectivity index (χ0) is 14.8. The summed E-state index contributed by atoms with van der Waals surface area (Å²) in [5.41, 5.74) is 2.08. The summed E-state index contributed by atoms with van der Waals surface area (Å²) in [6.07, 6.45) is 4.73. The van der Waals surface area contributed by atoms with E-state index in [1.165, 1.54) is 6.20 Å². The Morgan fingerprint density at radius 1 is 1.19 bits per heavy atom. The van der Waals surface area contributed by atoms with Crippen molar-refractivity contribution in [3.05, 3.63) is 65.0 Å². The molecule has 0 saturated carbocycles. The second-order valence-corrected chi connectivity index (χ2v) is 5.27. The topological polar surface area (TPSA) is 68.0 Å². The molecule has 0 aliphatic rings. The first-order valence-corrected chi connectivity index (χ1v) is 6.94. The summed E-state index contributed by atoms with van der Waals surface area (Å²) in [7, 11) is 0. The Morgan fingerprint density at radius 3 is 2.62 bits per heavy atom. The quantitative estimate of drug-likeness (QED) is 0.791. The number of hydrogen-bond acceptors (Lipinski definition) is 3. The highest BCUT2D eigenvalue weighted by Crippen LogP contribution is 2.24. The van der Waals surface area contributed by atoms with E-state index in [1.54, 1.807) is 29.2 Å². The van der Waals surface area contributed by atoms with Crippen LogP contribution in [0.2, 0.25) is 0 Å². The molecule has 0 radical (unpaired) electrons. The Morgan fingerprint density at radius 2 is 1.95 bits per heavy atom. The minimum atomic E-state index is -1.01. The maximum Gasteiger partial charge on any atom is 0.339 e. The number of carbonyl (C=O) groups is 1. The maximum atomic E-state index is 11.4. The first-order valence-electron chi connectivity index (χ1n) is 6.14. The number of hydrogen-bond donors (Lipinski definition) is 1. The lowest BCUT2D eigenvalue weighted by molar-refractivity contribution is 0.0697. The van der Waals surface area contributed by atoms with Gasteiger partial charge in [-0.1, -0.05) is 22.0 Å². The fourth-order valence-corrected chi connectivity index (χ4v) is 2.39. The molecule has 1 N–H and O–H groups in total. The van der Waals surface area contributed by atoms with E-state index in [-0.39, 0.29) is 5.56 Å². The van der Waals surface area contributed by atoms with E-state index in [0.29, 0.717) is 5.69 Å². The molecule has 0 saturated heterocycles. The van der Waals surface area contributed by atoms with Crippen molar-refractivity contribution in [3.8, 4) is 16.9 Å². The molecule has 3 rings (SSSR count). The van der Waals surface area contributed by atoms with Gasteiger partial charge in [-0.05, 0) is 30.3 Å². The highest BCUT2D eigenvalue weighted by atomic mass is 79.9. The highest BCUT2D eigenvalue weighted by molar-refractivity contribution is 9.10. The van der Waals surface area contributed by atoms with Gasteiger partial charge in [0.1, 0.15) is 11.3 Å². The van der Waals surface area contributed by atoms with Crippen LogP contribution in [-0.2, 0) is 0 Å². The lowest BCUT2D eigenvalue weighted by Crippen LogP contribution is -1.96. The fraction of sp³-hybridized carbons (Fsp3) is 0. The van der Waals surface area contributed by atoms with Gasteiger partial charge in [0, 0.05) is 28.6 Å². The van der Waals surface area contributed by atoms with Gasteiger partial charge in [-0.15, -0.1) is 0 Å². The molecule has 21 heavy (non-hydrogen) atoms. The molecule has 0 unspecified atom stereocenters. The first kappa shape index (κ1) is 13.5. The minimum Gasteiger partial charge on any atom is -0.478 e. The predicted octanol–water partition coefficient (Wildman–Crippen LogP) is 3.40. The Bertz CT molecular complexity index is 800. The number of carboxylic acids is 1. The van der Waals surface area contributed by atoms with E-state index in [0.717, 1.165) is 15.7 Å². The SMILES string of the molecule is O=C(O)c1cn(-c2cccc(Br)c2)nc1-c1ccncc1. The average Bonchev–Trinajstić information content (AvgIpc) is 2.93. The third kappa shape index (κ3) is 2.71. The first-order chi connectivity index (χ1) is 10.1. The average molecular weight is 344 g/mol. The summed E-state index contributed by atoms with van der Waals surface area (Å²) in [6.45, 7) is 0. The van der Waals surface area contributed by atoms with Crippen LogP contribution < -0.4 is 0 Å². The van der Waals surface area contributed by atoms with Crippen LogP contribution in [0.1, 0.15) is 10.4 Å². The van der Waals surface area contributed by atoms with E-state index in [4.69, 9.17) is 0 Å². The zero-order valence-corrected chi connectivity index (χ0v) is 12.4. The molecule has 0 aliphatic heterocycles. The standard InChI is InChI=1S/C15H10BrN3O2/c16-11-2-1-3-12(8-11)19-9-13(15(20)21)14(18-19)10-4-6-17-7-5-10/h1-9H,(H,20,21). The zero-order valence-electron chi connectivity index (χ0n) is 10.8. The summed E-state index contributed by atoms with van der Waals surface area (Å²) in [4.78, 5) is 15.4. The van der Waals surface area contributed by atoms with E-state index in [2.05, 4.69) is 26.0 Å². The van der Waals surface area contributed by atoms with Crippen molar-refractivity contribution in [2.24, 2.45) is 0 Å². The van der Waals surface area contributed by atoms with Gasteiger partial charge in [-0.2, -0.15) is 5.10 Å². The van der Waals surface area contributed by atoms with Crippen LogP contribution in [0.15, 0.2) is 59.5 Å². The molecule has 0 atom stereocenters. The van der Waals surface area contributed by atoms with Crippen molar-refractivity contribution in [3.63, 3.8) is 0 Å².